The third-order valence-electron chi connectivity index (χ3n) is 4.85. The summed E-state index contributed by atoms with van der Waals surface area (Å²) in [6.07, 6.45) is 2.38. The Bertz CT molecular complexity index is 337. The minimum absolute atomic E-state index is 0.103. The van der Waals surface area contributed by atoms with E-state index in [1.807, 2.05) is 13.8 Å². The zero-order valence-corrected chi connectivity index (χ0v) is 14.9. The van der Waals surface area contributed by atoms with Crippen molar-refractivity contribution in [2.45, 2.75) is 45.3 Å². The van der Waals surface area contributed by atoms with Crippen LogP contribution >= 0.6 is 0 Å². The van der Waals surface area contributed by atoms with Crippen LogP contribution in [-0.4, -0.2) is 79.4 Å². The highest BCUT2D eigenvalue weighted by Gasteiger charge is 2.25. The molecule has 22 heavy (non-hydrogen) atoms. The van der Waals surface area contributed by atoms with Crippen molar-refractivity contribution < 1.29 is 9.90 Å². The Kier molecular flexibility index (Phi) is 7.59. The summed E-state index contributed by atoms with van der Waals surface area (Å²) < 4.78 is 0. The molecule has 6 nitrogen and oxygen atoms in total. The molecule has 2 amide bonds. The maximum Gasteiger partial charge on any atom is 0.314 e. The number of likely N-dealkylation sites (tertiary alicyclic amines) is 1. The summed E-state index contributed by atoms with van der Waals surface area (Å²) in [5.74, 6) is 0.103. The zero-order chi connectivity index (χ0) is 16.8. The van der Waals surface area contributed by atoms with Gasteiger partial charge in [0.1, 0.15) is 0 Å². The summed E-state index contributed by atoms with van der Waals surface area (Å²) >= 11 is 0. The largest absolute Gasteiger partial charge is 0.388 e. The number of nitrogens with zero attached hydrogens (tertiary/aromatic N) is 2. The monoisotopic (exact) mass is 314 g/mol. The quantitative estimate of drug-likeness (QED) is 0.648. The standard InChI is InChI=1S/C16H34N4O2/c1-13(2)16(3,22)12-18-15(21)17-8-11-20-9-6-14(7-10-20)19(4)5/h13-14,22H,6-12H2,1-5H3,(H2,17,18,21). The Morgan fingerprint density at radius 1 is 1.32 bits per heavy atom. The fourth-order valence-electron chi connectivity index (χ4n) is 2.51. The summed E-state index contributed by atoms with van der Waals surface area (Å²) in [6, 6.07) is 0.481. The van der Waals surface area contributed by atoms with Crippen LogP contribution in [0.4, 0.5) is 4.79 Å². The van der Waals surface area contributed by atoms with Crippen molar-refractivity contribution in [3.63, 3.8) is 0 Å². The number of hydrogen-bond donors (Lipinski definition) is 3. The predicted octanol–water partition coefficient (Wildman–Crippen LogP) is 0.719. The van der Waals surface area contributed by atoms with Crippen LogP contribution in [0.25, 0.3) is 0 Å². The van der Waals surface area contributed by atoms with Gasteiger partial charge in [0.2, 0.25) is 0 Å². The molecule has 1 aliphatic heterocycles. The lowest BCUT2D eigenvalue weighted by Gasteiger charge is -2.35. The van der Waals surface area contributed by atoms with Crippen LogP contribution in [0.3, 0.4) is 0 Å². The molecule has 3 N–H and O–H groups in total. The van der Waals surface area contributed by atoms with Gasteiger partial charge in [0, 0.05) is 25.7 Å². The summed E-state index contributed by atoms with van der Waals surface area (Å²) in [7, 11) is 4.27. The molecule has 6 heteroatoms. The summed E-state index contributed by atoms with van der Waals surface area (Å²) in [5, 5.41) is 15.7. The second-order valence-electron chi connectivity index (χ2n) is 7.16. The van der Waals surface area contributed by atoms with Crippen LogP contribution in [0.1, 0.15) is 33.6 Å². The van der Waals surface area contributed by atoms with Crippen molar-refractivity contribution in [2.75, 3.05) is 46.8 Å². The Balaban J connectivity index is 2.13. The fourth-order valence-corrected chi connectivity index (χ4v) is 2.51. The number of aliphatic hydroxyl groups is 1. The fraction of sp³-hybridized carbons (Fsp3) is 0.938. The summed E-state index contributed by atoms with van der Waals surface area (Å²) in [5.41, 5.74) is -0.870. The number of nitrogens with one attached hydrogen (secondary N) is 2. The van der Waals surface area contributed by atoms with Crippen molar-refractivity contribution in [3.8, 4) is 0 Å². The molecule has 0 spiro atoms. The van der Waals surface area contributed by atoms with Gasteiger partial charge in [0.15, 0.2) is 0 Å². The summed E-state index contributed by atoms with van der Waals surface area (Å²) in [6.45, 7) is 9.60. The van der Waals surface area contributed by atoms with Gasteiger partial charge >= 0.3 is 6.03 Å². The molecule has 1 heterocycles. The van der Waals surface area contributed by atoms with Gasteiger partial charge in [-0.15, -0.1) is 0 Å². The van der Waals surface area contributed by atoms with E-state index < -0.39 is 5.60 Å². The van der Waals surface area contributed by atoms with E-state index in [1.54, 1.807) is 6.92 Å². The molecule has 1 aliphatic rings. The number of amides is 2. The average molecular weight is 314 g/mol. The summed E-state index contributed by atoms with van der Waals surface area (Å²) in [4.78, 5) is 16.4. The molecule has 0 bridgehead atoms. The molecular weight excluding hydrogens is 280 g/mol. The van der Waals surface area contributed by atoms with Crippen LogP contribution in [0, 0.1) is 5.92 Å². The first-order chi connectivity index (χ1) is 10.2. The number of rotatable bonds is 7. The topological polar surface area (TPSA) is 67.8 Å². The molecule has 1 rings (SSSR count). The van der Waals surface area contributed by atoms with Crippen LogP contribution in [0.2, 0.25) is 0 Å². The number of hydrogen-bond acceptors (Lipinski definition) is 4. The van der Waals surface area contributed by atoms with Crippen LogP contribution in [-0.2, 0) is 0 Å². The maximum atomic E-state index is 11.7. The molecule has 1 fully saturated rings. The van der Waals surface area contributed by atoms with Crippen molar-refractivity contribution >= 4 is 6.03 Å². The van der Waals surface area contributed by atoms with Gasteiger partial charge in [-0.25, -0.2) is 4.79 Å². The van der Waals surface area contributed by atoms with E-state index in [1.165, 1.54) is 12.8 Å². The molecule has 130 valence electrons. The van der Waals surface area contributed by atoms with Crippen LogP contribution < -0.4 is 10.6 Å². The van der Waals surface area contributed by atoms with E-state index in [0.717, 1.165) is 19.6 Å². The first kappa shape index (κ1) is 19.2. The molecule has 0 aromatic carbocycles. The van der Waals surface area contributed by atoms with Crippen molar-refractivity contribution in [1.82, 2.24) is 20.4 Å². The number of urea groups is 1. The normalized spacial score (nSPS) is 20.2. The third kappa shape index (κ3) is 6.50. The van der Waals surface area contributed by atoms with Gasteiger partial charge in [-0.2, -0.15) is 0 Å². The highest BCUT2D eigenvalue weighted by Crippen LogP contribution is 2.14. The SMILES string of the molecule is CC(C)C(C)(O)CNC(=O)NCCN1CCC(N(C)C)CC1. The second kappa shape index (κ2) is 8.70. The lowest BCUT2D eigenvalue weighted by atomic mass is 9.93. The maximum absolute atomic E-state index is 11.7. The Labute approximate surface area is 135 Å². The minimum Gasteiger partial charge on any atom is -0.388 e. The number of piperidine rings is 1. The van der Waals surface area contributed by atoms with Crippen molar-refractivity contribution in [3.05, 3.63) is 0 Å². The van der Waals surface area contributed by atoms with Crippen LogP contribution in [0.15, 0.2) is 0 Å². The van der Waals surface area contributed by atoms with E-state index in [9.17, 15) is 9.90 Å². The molecule has 1 atom stereocenters. The lowest BCUT2D eigenvalue weighted by Crippen LogP contribution is -2.49. The minimum atomic E-state index is -0.870. The third-order valence-corrected chi connectivity index (χ3v) is 4.85. The van der Waals surface area contributed by atoms with E-state index in [0.29, 0.717) is 12.6 Å². The van der Waals surface area contributed by atoms with E-state index in [2.05, 4.69) is 34.5 Å². The van der Waals surface area contributed by atoms with Gasteiger partial charge in [-0.05, 0) is 52.9 Å². The van der Waals surface area contributed by atoms with Gasteiger partial charge in [0.25, 0.3) is 0 Å². The number of carbonyl (C=O) groups excluding carboxylic acids is 1. The van der Waals surface area contributed by atoms with Gasteiger partial charge in [-0.3, -0.25) is 0 Å². The van der Waals surface area contributed by atoms with Crippen molar-refractivity contribution in [1.29, 1.82) is 0 Å². The highest BCUT2D eigenvalue weighted by molar-refractivity contribution is 5.73. The first-order valence-electron chi connectivity index (χ1n) is 8.35. The second-order valence-corrected chi connectivity index (χ2v) is 7.16. The Hall–Kier alpha value is -0.850. The zero-order valence-electron chi connectivity index (χ0n) is 14.9. The molecule has 0 aliphatic carbocycles. The van der Waals surface area contributed by atoms with Gasteiger partial charge in [0.05, 0.1) is 5.60 Å². The number of carbonyl (C=O) groups is 1. The molecule has 0 saturated carbocycles. The molecule has 0 aromatic heterocycles. The molecule has 0 radical (unpaired) electrons. The Morgan fingerprint density at radius 3 is 2.41 bits per heavy atom. The molecule has 0 aromatic rings. The first-order valence-corrected chi connectivity index (χ1v) is 8.35. The molecule has 1 saturated heterocycles. The predicted molar refractivity (Wildman–Crippen MR) is 90.0 cm³/mol. The van der Waals surface area contributed by atoms with Crippen molar-refractivity contribution in [2.24, 2.45) is 5.92 Å². The van der Waals surface area contributed by atoms with E-state index >= 15 is 0 Å². The molecule has 1 unspecified atom stereocenters. The average Bonchev–Trinajstić information content (AvgIpc) is 2.45. The van der Waals surface area contributed by atoms with E-state index in [-0.39, 0.29) is 18.5 Å². The van der Waals surface area contributed by atoms with E-state index in [4.69, 9.17) is 0 Å². The molecular formula is C16H34N4O2. The Morgan fingerprint density at radius 2 is 1.91 bits per heavy atom. The van der Waals surface area contributed by atoms with Gasteiger partial charge in [-0.1, -0.05) is 13.8 Å². The smallest absolute Gasteiger partial charge is 0.314 e. The highest BCUT2D eigenvalue weighted by atomic mass is 16.3. The van der Waals surface area contributed by atoms with Crippen LogP contribution in [0.5, 0.6) is 0 Å². The lowest BCUT2D eigenvalue weighted by molar-refractivity contribution is 0.0166. The van der Waals surface area contributed by atoms with Gasteiger partial charge < -0.3 is 25.5 Å².